The molecule has 1 aromatic rings. The van der Waals surface area contributed by atoms with E-state index in [-0.39, 0.29) is 12.0 Å². The highest BCUT2D eigenvalue weighted by Crippen LogP contribution is 2.42. The number of ether oxygens (including phenoxy) is 2. The van der Waals surface area contributed by atoms with Crippen molar-refractivity contribution >= 4 is 11.9 Å². The average Bonchev–Trinajstić information content (AvgIpc) is 3.27. The highest BCUT2D eigenvalue weighted by molar-refractivity contribution is 5.90. The Bertz CT molecular complexity index is 777. The predicted molar refractivity (Wildman–Crippen MR) is 134 cm³/mol. The van der Waals surface area contributed by atoms with Crippen LogP contribution in [0.25, 0.3) is 0 Å². The maximum absolute atomic E-state index is 12.5. The zero-order chi connectivity index (χ0) is 24.9. The van der Waals surface area contributed by atoms with E-state index in [1.807, 2.05) is 38.1 Å². The van der Waals surface area contributed by atoms with Crippen molar-refractivity contribution in [1.82, 2.24) is 0 Å². The van der Waals surface area contributed by atoms with Crippen LogP contribution in [-0.2, 0) is 14.3 Å². The molecule has 186 valence electrons. The molecule has 33 heavy (non-hydrogen) atoms. The molecule has 1 aliphatic rings. The fourth-order valence-electron chi connectivity index (χ4n) is 4.90. The summed E-state index contributed by atoms with van der Waals surface area (Å²) in [6.07, 6.45) is 7.96. The lowest BCUT2D eigenvalue weighted by Crippen LogP contribution is -2.36. The van der Waals surface area contributed by atoms with Crippen LogP contribution >= 0.6 is 0 Å². The van der Waals surface area contributed by atoms with Gasteiger partial charge in [0.1, 0.15) is 5.60 Å². The van der Waals surface area contributed by atoms with Gasteiger partial charge < -0.3 is 9.47 Å². The van der Waals surface area contributed by atoms with Crippen molar-refractivity contribution in [3.8, 4) is 0 Å². The normalized spacial score (nSPS) is 16.5. The van der Waals surface area contributed by atoms with Crippen LogP contribution in [0.2, 0.25) is 0 Å². The first-order valence-electron chi connectivity index (χ1n) is 12.7. The Kier molecular flexibility index (Phi) is 9.18. The molecule has 4 nitrogen and oxygen atoms in total. The zero-order valence-corrected chi connectivity index (χ0v) is 22.3. The van der Waals surface area contributed by atoms with Gasteiger partial charge in [-0.1, -0.05) is 72.9 Å². The molecule has 0 aromatic heterocycles. The number of hydrogen-bond acceptors (Lipinski definition) is 4. The minimum absolute atomic E-state index is 0.127. The van der Waals surface area contributed by atoms with Crippen LogP contribution in [0.5, 0.6) is 0 Å². The molecular formula is C29H46O4. The molecule has 4 heteroatoms. The van der Waals surface area contributed by atoms with Crippen LogP contribution in [0, 0.1) is 16.7 Å². The van der Waals surface area contributed by atoms with E-state index in [1.54, 1.807) is 0 Å². The zero-order valence-electron chi connectivity index (χ0n) is 22.3. The van der Waals surface area contributed by atoms with Gasteiger partial charge in [0.05, 0.1) is 5.56 Å². The van der Waals surface area contributed by atoms with E-state index < -0.39 is 17.5 Å². The van der Waals surface area contributed by atoms with E-state index in [1.165, 1.54) is 18.4 Å². The molecule has 1 fully saturated rings. The maximum Gasteiger partial charge on any atom is 0.344 e. The summed E-state index contributed by atoms with van der Waals surface area (Å²) in [7, 11) is 0. The summed E-state index contributed by atoms with van der Waals surface area (Å²) in [5, 5.41) is 0. The topological polar surface area (TPSA) is 52.6 Å². The highest BCUT2D eigenvalue weighted by Gasteiger charge is 2.35. The molecule has 0 heterocycles. The van der Waals surface area contributed by atoms with Gasteiger partial charge >= 0.3 is 11.9 Å². The van der Waals surface area contributed by atoms with Gasteiger partial charge in [0, 0.05) is 0 Å². The van der Waals surface area contributed by atoms with Crippen LogP contribution < -0.4 is 0 Å². The Morgan fingerprint density at radius 3 is 2.06 bits per heavy atom. The SMILES string of the molecule is CCC(C)(C)CCC(c1ccc(C(=O)OCC(=O)OC(C)(C)C2CCCC2)cc1)C(C)(C)C. The van der Waals surface area contributed by atoms with Gasteiger partial charge in [-0.15, -0.1) is 0 Å². The summed E-state index contributed by atoms with van der Waals surface area (Å²) in [6.45, 7) is 17.3. The van der Waals surface area contributed by atoms with Crippen LogP contribution in [0.4, 0.5) is 0 Å². The van der Waals surface area contributed by atoms with Crippen molar-refractivity contribution in [3.63, 3.8) is 0 Å². The van der Waals surface area contributed by atoms with Crippen LogP contribution in [0.1, 0.15) is 122 Å². The molecule has 0 amide bonds. The van der Waals surface area contributed by atoms with Gasteiger partial charge in [-0.05, 0) is 79.9 Å². The molecular weight excluding hydrogens is 412 g/mol. The average molecular weight is 459 g/mol. The Labute approximate surface area is 201 Å². The lowest BCUT2D eigenvalue weighted by molar-refractivity contribution is -0.165. The quantitative estimate of drug-likeness (QED) is 0.337. The molecule has 1 saturated carbocycles. The van der Waals surface area contributed by atoms with Gasteiger partial charge in [0.15, 0.2) is 6.61 Å². The summed E-state index contributed by atoms with van der Waals surface area (Å²) in [5.41, 5.74) is 1.64. The molecule has 1 aliphatic carbocycles. The number of carbonyl (C=O) groups is 2. The third kappa shape index (κ3) is 8.15. The van der Waals surface area contributed by atoms with Crippen LogP contribution in [-0.4, -0.2) is 24.1 Å². The molecule has 0 aliphatic heterocycles. The number of benzene rings is 1. The molecule has 1 unspecified atom stereocenters. The minimum Gasteiger partial charge on any atom is -0.457 e. The summed E-state index contributed by atoms with van der Waals surface area (Å²) >= 11 is 0. The smallest absolute Gasteiger partial charge is 0.344 e. The fourth-order valence-corrected chi connectivity index (χ4v) is 4.90. The van der Waals surface area contributed by atoms with E-state index in [9.17, 15) is 9.59 Å². The first-order chi connectivity index (χ1) is 15.2. The van der Waals surface area contributed by atoms with Crippen LogP contribution in [0.15, 0.2) is 24.3 Å². The summed E-state index contributed by atoms with van der Waals surface area (Å²) in [4.78, 5) is 24.8. The monoisotopic (exact) mass is 458 g/mol. The number of hydrogen-bond donors (Lipinski definition) is 0. The van der Waals surface area contributed by atoms with E-state index in [2.05, 4.69) is 41.5 Å². The molecule has 1 atom stereocenters. The molecule has 0 bridgehead atoms. The second-order valence-electron chi connectivity index (χ2n) is 12.2. The van der Waals surface area contributed by atoms with Crippen molar-refractivity contribution < 1.29 is 19.1 Å². The van der Waals surface area contributed by atoms with Crippen LogP contribution in [0.3, 0.4) is 0 Å². The van der Waals surface area contributed by atoms with Gasteiger partial charge in [0.2, 0.25) is 0 Å². The van der Waals surface area contributed by atoms with Gasteiger partial charge in [0.25, 0.3) is 0 Å². The van der Waals surface area contributed by atoms with Gasteiger partial charge in [-0.3, -0.25) is 0 Å². The minimum atomic E-state index is -0.518. The second kappa shape index (κ2) is 11.1. The predicted octanol–water partition coefficient (Wildman–Crippen LogP) is 7.70. The summed E-state index contributed by atoms with van der Waals surface area (Å²) < 4.78 is 10.9. The Morgan fingerprint density at radius 2 is 1.55 bits per heavy atom. The van der Waals surface area contributed by atoms with Crippen molar-refractivity contribution in [2.24, 2.45) is 16.7 Å². The van der Waals surface area contributed by atoms with Crippen molar-refractivity contribution in [2.75, 3.05) is 6.61 Å². The largest absolute Gasteiger partial charge is 0.457 e. The third-order valence-electron chi connectivity index (χ3n) is 7.70. The maximum atomic E-state index is 12.5. The number of carbonyl (C=O) groups excluding carboxylic acids is 2. The van der Waals surface area contributed by atoms with E-state index in [0.29, 0.717) is 22.8 Å². The van der Waals surface area contributed by atoms with Gasteiger partial charge in [-0.2, -0.15) is 0 Å². The van der Waals surface area contributed by atoms with E-state index in [4.69, 9.17) is 9.47 Å². The Balaban J connectivity index is 1.95. The Hall–Kier alpha value is -1.84. The van der Waals surface area contributed by atoms with Gasteiger partial charge in [-0.25, -0.2) is 9.59 Å². The summed E-state index contributed by atoms with van der Waals surface area (Å²) in [5.74, 6) is -0.190. The molecule has 1 aromatic carbocycles. The molecule has 2 rings (SSSR count). The third-order valence-corrected chi connectivity index (χ3v) is 7.70. The lowest BCUT2D eigenvalue weighted by atomic mass is 9.71. The van der Waals surface area contributed by atoms with E-state index in [0.717, 1.165) is 32.1 Å². The van der Waals surface area contributed by atoms with E-state index >= 15 is 0 Å². The highest BCUT2D eigenvalue weighted by atomic mass is 16.6. The molecule has 0 saturated heterocycles. The first kappa shape index (κ1) is 27.4. The van der Waals surface area contributed by atoms with Crippen molar-refractivity contribution in [3.05, 3.63) is 35.4 Å². The lowest BCUT2D eigenvalue weighted by Gasteiger charge is -2.34. The second-order valence-corrected chi connectivity index (χ2v) is 12.2. The molecule has 0 spiro atoms. The molecule has 0 radical (unpaired) electrons. The number of esters is 2. The standard InChI is InChI=1S/C29H46O4/c1-9-28(5,6)19-18-24(27(2,3)4)21-14-16-22(17-15-21)26(31)32-20-25(30)33-29(7,8)23-12-10-11-13-23/h14-17,23-24H,9-13,18-20H2,1-8H3. The number of rotatable bonds is 10. The van der Waals surface area contributed by atoms with Crippen molar-refractivity contribution in [2.45, 2.75) is 112 Å². The molecule has 0 N–H and O–H groups in total. The first-order valence-corrected chi connectivity index (χ1v) is 12.7. The Morgan fingerprint density at radius 1 is 0.970 bits per heavy atom. The summed E-state index contributed by atoms with van der Waals surface area (Å²) in [6, 6.07) is 7.70. The fraction of sp³-hybridized carbons (Fsp3) is 0.724. The van der Waals surface area contributed by atoms with Crippen molar-refractivity contribution in [1.29, 1.82) is 0 Å².